The molecule has 0 saturated carbocycles. The van der Waals surface area contributed by atoms with Crippen molar-refractivity contribution in [2.45, 2.75) is 26.4 Å². The molecule has 0 N–H and O–H groups in total. The molecule has 0 fully saturated rings. The third-order valence-corrected chi connectivity index (χ3v) is 2.50. The minimum Gasteiger partial charge on any atom is -0.492 e. The van der Waals surface area contributed by atoms with E-state index in [1.54, 1.807) is 27.8 Å². The Labute approximate surface area is 123 Å². The maximum Gasteiger partial charge on any atom is 0.410 e. The van der Waals surface area contributed by atoms with Crippen LogP contribution in [0.4, 0.5) is 9.18 Å². The molecule has 0 radical (unpaired) electrons. The van der Waals surface area contributed by atoms with Gasteiger partial charge < -0.3 is 14.4 Å². The fourth-order valence-electron chi connectivity index (χ4n) is 1.42. The zero-order valence-corrected chi connectivity index (χ0v) is 12.7. The molecule has 1 amide bonds. The standard InChI is InChI=1S/C15H20FNO4/c1-15(2,3)21-14(19)17(4)7-8-20-12-6-5-11(10-18)13(16)9-12/h5-6,9-10H,7-8H2,1-4H3. The molecule has 0 saturated heterocycles. The molecule has 1 aromatic rings. The van der Waals surface area contributed by atoms with Crippen LogP contribution in [0.1, 0.15) is 31.1 Å². The van der Waals surface area contributed by atoms with Crippen molar-refractivity contribution >= 4 is 12.4 Å². The molecule has 0 unspecified atom stereocenters. The summed E-state index contributed by atoms with van der Waals surface area (Å²) in [6, 6.07) is 3.98. The van der Waals surface area contributed by atoms with Crippen molar-refractivity contribution in [3.05, 3.63) is 29.6 Å². The van der Waals surface area contributed by atoms with Crippen LogP contribution < -0.4 is 4.74 Å². The lowest BCUT2D eigenvalue weighted by atomic mass is 10.2. The third-order valence-electron chi connectivity index (χ3n) is 2.50. The van der Waals surface area contributed by atoms with Gasteiger partial charge in [-0.1, -0.05) is 0 Å². The van der Waals surface area contributed by atoms with Crippen molar-refractivity contribution in [1.82, 2.24) is 4.90 Å². The normalized spacial score (nSPS) is 10.9. The van der Waals surface area contributed by atoms with Gasteiger partial charge in [-0.25, -0.2) is 9.18 Å². The lowest BCUT2D eigenvalue weighted by Gasteiger charge is -2.24. The second kappa shape index (κ2) is 7.06. The maximum absolute atomic E-state index is 13.4. The molecule has 1 rings (SSSR count). The first kappa shape index (κ1) is 16.9. The Kier molecular flexibility index (Phi) is 5.69. The topological polar surface area (TPSA) is 55.8 Å². The van der Waals surface area contributed by atoms with E-state index >= 15 is 0 Å². The number of aldehydes is 1. The zero-order valence-electron chi connectivity index (χ0n) is 12.7. The molecule has 0 aliphatic heterocycles. The summed E-state index contributed by atoms with van der Waals surface area (Å²) in [5.74, 6) is -0.335. The molecule has 0 bridgehead atoms. The molecular formula is C15H20FNO4. The first-order chi connectivity index (χ1) is 9.73. The van der Waals surface area contributed by atoms with Crippen LogP contribution in [0.5, 0.6) is 5.75 Å². The molecular weight excluding hydrogens is 277 g/mol. The molecule has 0 spiro atoms. The van der Waals surface area contributed by atoms with Gasteiger partial charge in [0.25, 0.3) is 0 Å². The molecule has 0 aromatic heterocycles. The van der Waals surface area contributed by atoms with Gasteiger partial charge in [0, 0.05) is 13.1 Å². The smallest absolute Gasteiger partial charge is 0.410 e. The van der Waals surface area contributed by atoms with Crippen LogP contribution in [0.2, 0.25) is 0 Å². The molecule has 5 nitrogen and oxygen atoms in total. The van der Waals surface area contributed by atoms with Crippen LogP contribution in [-0.4, -0.2) is 43.1 Å². The summed E-state index contributed by atoms with van der Waals surface area (Å²) < 4.78 is 23.9. The first-order valence-corrected chi connectivity index (χ1v) is 6.54. The van der Waals surface area contributed by atoms with Crippen molar-refractivity contribution in [3.8, 4) is 5.75 Å². The number of hydrogen-bond acceptors (Lipinski definition) is 4. The summed E-state index contributed by atoms with van der Waals surface area (Å²) in [5, 5.41) is 0. The highest BCUT2D eigenvalue weighted by molar-refractivity contribution is 5.75. The summed E-state index contributed by atoms with van der Waals surface area (Å²) in [7, 11) is 1.59. The Hall–Kier alpha value is -2.11. The first-order valence-electron chi connectivity index (χ1n) is 6.54. The zero-order chi connectivity index (χ0) is 16.0. The van der Waals surface area contributed by atoms with Gasteiger partial charge in [-0.05, 0) is 32.9 Å². The SMILES string of the molecule is CN(CCOc1ccc(C=O)c(F)c1)C(=O)OC(C)(C)C. The third kappa shape index (κ3) is 5.81. The van der Waals surface area contributed by atoms with Crippen molar-refractivity contribution in [2.75, 3.05) is 20.2 Å². The average Bonchev–Trinajstić information content (AvgIpc) is 2.36. The van der Waals surface area contributed by atoms with Crippen LogP contribution in [0.15, 0.2) is 18.2 Å². The van der Waals surface area contributed by atoms with Gasteiger partial charge in [0.1, 0.15) is 23.8 Å². The van der Waals surface area contributed by atoms with E-state index in [-0.39, 0.29) is 12.2 Å². The molecule has 21 heavy (non-hydrogen) atoms. The second-order valence-electron chi connectivity index (χ2n) is 5.55. The lowest BCUT2D eigenvalue weighted by Crippen LogP contribution is -2.36. The Morgan fingerprint density at radius 1 is 1.38 bits per heavy atom. The number of rotatable bonds is 5. The number of nitrogens with zero attached hydrogens (tertiary/aromatic N) is 1. The Balaban J connectivity index is 2.44. The predicted molar refractivity (Wildman–Crippen MR) is 76.1 cm³/mol. The largest absolute Gasteiger partial charge is 0.492 e. The monoisotopic (exact) mass is 297 g/mol. The fraction of sp³-hybridized carbons (Fsp3) is 0.467. The van der Waals surface area contributed by atoms with Crippen LogP contribution in [0.3, 0.4) is 0 Å². The number of hydrogen-bond donors (Lipinski definition) is 0. The van der Waals surface area contributed by atoms with Gasteiger partial charge in [-0.15, -0.1) is 0 Å². The minimum absolute atomic E-state index is 0.0202. The van der Waals surface area contributed by atoms with E-state index in [4.69, 9.17) is 9.47 Å². The van der Waals surface area contributed by atoms with E-state index in [9.17, 15) is 14.0 Å². The van der Waals surface area contributed by atoms with Crippen LogP contribution in [-0.2, 0) is 4.74 Å². The van der Waals surface area contributed by atoms with E-state index in [1.807, 2.05) is 0 Å². The number of likely N-dealkylation sites (N-methyl/N-ethyl adjacent to an activating group) is 1. The Morgan fingerprint density at radius 2 is 2.05 bits per heavy atom. The number of carbonyl (C=O) groups excluding carboxylic acids is 2. The van der Waals surface area contributed by atoms with E-state index in [0.717, 1.165) is 6.07 Å². The predicted octanol–water partition coefficient (Wildman–Crippen LogP) is 2.88. The number of benzene rings is 1. The molecule has 0 aliphatic rings. The highest BCUT2D eigenvalue weighted by atomic mass is 19.1. The number of ether oxygens (including phenoxy) is 2. The molecule has 116 valence electrons. The van der Waals surface area contributed by atoms with Crippen molar-refractivity contribution in [1.29, 1.82) is 0 Å². The second-order valence-corrected chi connectivity index (χ2v) is 5.55. The molecule has 0 atom stereocenters. The van der Waals surface area contributed by atoms with Crippen LogP contribution in [0.25, 0.3) is 0 Å². The summed E-state index contributed by atoms with van der Waals surface area (Å²) in [5.41, 5.74) is -0.576. The van der Waals surface area contributed by atoms with E-state index in [2.05, 4.69) is 0 Å². The van der Waals surface area contributed by atoms with Gasteiger partial charge in [0.15, 0.2) is 6.29 Å². The molecule has 6 heteroatoms. The van der Waals surface area contributed by atoms with Gasteiger partial charge in [-0.3, -0.25) is 4.79 Å². The molecule has 0 heterocycles. The van der Waals surface area contributed by atoms with E-state index in [0.29, 0.717) is 18.6 Å². The van der Waals surface area contributed by atoms with E-state index < -0.39 is 17.5 Å². The van der Waals surface area contributed by atoms with Crippen LogP contribution >= 0.6 is 0 Å². The Bertz CT molecular complexity index is 511. The number of carbonyl (C=O) groups is 2. The summed E-state index contributed by atoms with van der Waals surface area (Å²) in [6.45, 7) is 5.84. The average molecular weight is 297 g/mol. The minimum atomic E-state index is -0.636. The van der Waals surface area contributed by atoms with Gasteiger partial charge in [0.2, 0.25) is 0 Å². The maximum atomic E-state index is 13.4. The van der Waals surface area contributed by atoms with Crippen LogP contribution in [0, 0.1) is 5.82 Å². The molecule has 1 aromatic carbocycles. The summed E-state index contributed by atoms with van der Waals surface area (Å²) in [4.78, 5) is 23.6. The van der Waals surface area contributed by atoms with Crippen molar-refractivity contribution < 1.29 is 23.5 Å². The lowest BCUT2D eigenvalue weighted by molar-refractivity contribution is 0.0278. The Morgan fingerprint density at radius 3 is 2.57 bits per heavy atom. The number of amides is 1. The van der Waals surface area contributed by atoms with Crippen molar-refractivity contribution in [2.24, 2.45) is 0 Å². The van der Waals surface area contributed by atoms with E-state index in [1.165, 1.54) is 17.0 Å². The highest BCUT2D eigenvalue weighted by Crippen LogP contribution is 2.15. The summed E-state index contributed by atoms with van der Waals surface area (Å²) >= 11 is 0. The fourth-order valence-corrected chi connectivity index (χ4v) is 1.42. The van der Waals surface area contributed by atoms with Gasteiger partial charge in [-0.2, -0.15) is 0 Å². The quantitative estimate of drug-likeness (QED) is 0.784. The number of halogens is 1. The molecule has 0 aliphatic carbocycles. The summed E-state index contributed by atoms with van der Waals surface area (Å²) in [6.07, 6.45) is -0.0105. The van der Waals surface area contributed by atoms with Gasteiger partial charge >= 0.3 is 6.09 Å². The van der Waals surface area contributed by atoms with Crippen molar-refractivity contribution in [3.63, 3.8) is 0 Å². The van der Waals surface area contributed by atoms with Gasteiger partial charge in [0.05, 0.1) is 12.1 Å². The highest BCUT2D eigenvalue weighted by Gasteiger charge is 2.19.